The van der Waals surface area contributed by atoms with Crippen molar-refractivity contribution in [3.05, 3.63) is 35.9 Å². The first-order chi connectivity index (χ1) is 9.78. The molecule has 1 heterocycles. The summed E-state index contributed by atoms with van der Waals surface area (Å²) >= 11 is 0. The van der Waals surface area contributed by atoms with Crippen LogP contribution in [-0.2, 0) is 9.53 Å². The van der Waals surface area contributed by atoms with Crippen molar-refractivity contribution in [3.8, 4) is 0 Å². The summed E-state index contributed by atoms with van der Waals surface area (Å²) in [6.45, 7) is 5.58. The molecular weight excluding hydrogens is 270 g/mol. The molecule has 21 heavy (non-hydrogen) atoms. The molecule has 1 fully saturated rings. The summed E-state index contributed by atoms with van der Waals surface area (Å²) in [6, 6.07) is 9.24. The lowest BCUT2D eigenvalue weighted by Crippen LogP contribution is -2.37. The van der Waals surface area contributed by atoms with Crippen LogP contribution in [0.3, 0.4) is 0 Å². The molecule has 2 rings (SSSR count). The lowest BCUT2D eigenvalue weighted by Gasteiger charge is -2.28. The zero-order valence-electron chi connectivity index (χ0n) is 12.6. The predicted molar refractivity (Wildman–Crippen MR) is 77.9 cm³/mol. The number of amides is 1. The van der Waals surface area contributed by atoms with Crippen molar-refractivity contribution >= 4 is 12.1 Å². The van der Waals surface area contributed by atoms with Crippen molar-refractivity contribution in [3.63, 3.8) is 0 Å². The minimum atomic E-state index is -0.873. The number of carboxylic acid groups (broad SMARTS) is 1. The van der Waals surface area contributed by atoms with Crippen molar-refractivity contribution in [2.45, 2.75) is 38.8 Å². The molecule has 5 heteroatoms. The first kappa shape index (κ1) is 15.4. The highest BCUT2D eigenvalue weighted by molar-refractivity contribution is 5.75. The Morgan fingerprint density at radius 3 is 2.38 bits per heavy atom. The van der Waals surface area contributed by atoms with Gasteiger partial charge in [-0.05, 0) is 32.8 Å². The van der Waals surface area contributed by atoms with E-state index >= 15 is 0 Å². The SMILES string of the molecule is CC(C)(C)OC(=O)N1C[C@@H](C(=O)O)C[C@H]1c1ccccc1. The summed E-state index contributed by atoms with van der Waals surface area (Å²) in [7, 11) is 0. The Bertz CT molecular complexity index is 521. The van der Waals surface area contributed by atoms with E-state index in [1.807, 2.05) is 30.3 Å². The van der Waals surface area contributed by atoms with Crippen LogP contribution in [0.1, 0.15) is 38.8 Å². The summed E-state index contributed by atoms with van der Waals surface area (Å²) in [5, 5.41) is 9.23. The van der Waals surface area contributed by atoms with Crippen LogP contribution in [0.2, 0.25) is 0 Å². The van der Waals surface area contributed by atoms with Gasteiger partial charge in [-0.15, -0.1) is 0 Å². The van der Waals surface area contributed by atoms with Crippen LogP contribution in [-0.4, -0.2) is 34.2 Å². The Morgan fingerprint density at radius 1 is 1.24 bits per heavy atom. The van der Waals surface area contributed by atoms with E-state index in [4.69, 9.17) is 4.74 Å². The number of carbonyl (C=O) groups excluding carboxylic acids is 1. The average molecular weight is 291 g/mol. The van der Waals surface area contributed by atoms with E-state index in [1.54, 1.807) is 20.8 Å². The van der Waals surface area contributed by atoms with Crippen molar-refractivity contribution in [1.29, 1.82) is 0 Å². The third kappa shape index (κ3) is 3.74. The molecule has 0 unspecified atom stereocenters. The number of hydrogen-bond donors (Lipinski definition) is 1. The molecule has 2 atom stereocenters. The van der Waals surface area contributed by atoms with Crippen molar-refractivity contribution in [1.82, 2.24) is 4.90 Å². The Kier molecular flexibility index (Phi) is 4.21. The van der Waals surface area contributed by atoms with Gasteiger partial charge in [0.05, 0.1) is 12.0 Å². The molecule has 1 aromatic carbocycles. The van der Waals surface area contributed by atoms with Crippen LogP contribution in [0.4, 0.5) is 4.79 Å². The van der Waals surface area contributed by atoms with Gasteiger partial charge in [-0.2, -0.15) is 0 Å². The Hall–Kier alpha value is -2.04. The highest BCUT2D eigenvalue weighted by Gasteiger charge is 2.41. The van der Waals surface area contributed by atoms with E-state index < -0.39 is 23.6 Å². The summed E-state index contributed by atoms with van der Waals surface area (Å²) in [5.74, 6) is -1.43. The van der Waals surface area contributed by atoms with E-state index in [0.717, 1.165) is 5.56 Å². The highest BCUT2D eigenvalue weighted by atomic mass is 16.6. The number of nitrogens with zero attached hydrogens (tertiary/aromatic N) is 1. The van der Waals surface area contributed by atoms with Crippen LogP contribution in [0.15, 0.2) is 30.3 Å². The fourth-order valence-corrected chi connectivity index (χ4v) is 2.53. The zero-order valence-corrected chi connectivity index (χ0v) is 12.6. The smallest absolute Gasteiger partial charge is 0.410 e. The molecule has 0 saturated carbocycles. The molecule has 1 aliphatic heterocycles. The fraction of sp³-hybridized carbons (Fsp3) is 0.500. The van der Waals surface area contributed by atoms with Gasteiger partial charge in [0, 0.05) is 6.54 Å². The molecule has 0 spiro atoms. The van der Waals surface area contributed by atoms with Gasteiger partial charge < -0.3 is 14.7 Å². The van der Waals surface area contributed by atoms with Crippen LogP contribution >= 0.6 is 0 Å². The molecule has 1 amide bonds. The number of likely N-dealkylation sites (tertiary alicyclic amines) is 1. The molecule has 114 valence electrons. The summed E-state index contributed by atoms with van der Waals surface area (Å²) < 4.78 is 5.40. The third-order valence-electron chi connectivity index (χ3n) is 3.46. The average Bonchev–Trinajstić information content (AvgIpc) is 2.83. The van der Waals surface area contributed by atoms with Crippen LogP contribution in [0.25, 0.3) is 0 Å². The minimum absolute atomic E-state index is 0.184. The maximum Gasteiger partial charge on any atom is 0.410 e. The second-order valence-electron chi connectivity index (χ2n) is 6.33. The normalized spacial score (nSPS) is 22.1. The molecule has 1 aromatic rings. The third-order valence-corrected chi connectivity index (χ3v) is 3.46. The van der Waals surface area contributed by atoms with E-state index in [1.165, 1.54) is 4.90 Å². The molecule has 0 bridgehead atoms. The maximum atomic E-state index is 12.3. The maximum absolute atomic E-state index is 12.3. The summed E-state index contributed by atoms with van der Waals surface area (Å²) in [5.41, 5.74) is 0.340. The monoisotopic (exact) mass is 291 g/mol. The topological polar surface area (TPSA) is 66.8 Å². The molecule has 0 aromatic heterocycles. The van der Waals surface area contributed by atoms with E-state index in [2.05, 4.69) is 0 Å². The van der Waals surface area contributed by atoms with Gasteiger partial charge in [0.1, 0.15) is 5.60 Å². The van der Waals surface area contributed by atoms with E-state index in [9.17, 15) is 14.7 Å². The highest BCUT2D eigenvalue weighted by Crippen LogP contribution is 2.36. The number of ether oxygens (including phenoxy) is 1. The Morgan fingerprint density at radius 2 is 1.86 bits per heavy atom. The van der Waals surface area contributed by atoms with Gasteiger partial charge in [0.2, 0.25) is 0 Å². The quantitative estimate of drug-likeness (QED) is 0.909. The van der Waals surface area contributed by atoms with E-state index in [0.29, 0.717) is 6.42 Å². The molecule has 5 nitrogen and oxygen atoms in total. The van der Waals surface area contributed by atoms with Gasteiger partial charge in [0.25, 0.3) is 0 Å². The molecule has 1 N–H and O–H groups in total. The van der Waals surface area contributed by atoms with Crippen LogP contribution in [0.5, 0.6) is 0 Å². The number of carbonyl (C=O) groups is 2. The van der Waals surface area contributed by atoms with Gasteiger partial charge in [-0.3, -0.25) is 4.79 Å². The second kappa shape index (κ2) is 5.76. The standard InChI is InChI=1S/C16H21NO4/c1-16(2,3)21-15(20)17-10-12(14(18)19)9-13(17)11-7-5-4-6-8-11/h4-8,12-13H,9-10H2,1-3H3,(H,18,19)/t12-,13-/m0/s1. The summed E-state index contributed by atoms with van der Waals surface area (Å²) in [6.07, 6.45) is -0.0430. The number of carboxylic acids is 1. The van der Waals surface area contributed by atoms with Crippen LogP contribution in [0, 0.1) is 5.92 Å². The van der Waals surface area contributed by atoms with Gasteiger partial charge >= 0.3 is 12.1 Å². The largest absolute Gasteiger partial charge is 0.481 e. The number of benzene rings is 1. The lowest BCUT2D eigenvalue weighted by molar-refractivity contribution is -0.141. The van der Waals surface area contributed by atoms with E-state index in [-0.39, 0.29) is 12.6 Å². The van der Waals surface area contributed by atoms with Crippen molar-refractivity contribution < 1.29 is 19.4 Å². The first-order valence-corrected chi connectivity index (χ1v) is 7.05. The predicted octanol–water partition coefficient (Wildman–Crippen LogP) is 3.07. The fourth-order valence-electron chi connectivity index (χ4n) is 2.53. The van der Waals surface area contributed by atoms with Crippen molar-refractivity contribution in [2.75, 3.05) is 6.54 Å². The zero-order chi connectivity index (χ0) is 15.6. The van der Waals surface area contributed by atoms with Gasteiger partial charge in [0.15, 0.2) is 0 Å². The first-order valence-electron chi connectivity index (χ1n) is 7.05. The summed E-state index contributed by atoms with van der Waals surface area (Å²) in [4.78, 5) is 25.1. The van der Waals surface area contributed by atoms with Crippen LogP contribution < -0.4 is 0 Å². The molecule has 1 aliphatic rings. The molecule has 0 radical (unpaired) electrons. The Balaban J connectivity index is 2.23. The number of rotatable bonds is 2. The van der Waals surface area contributed by atoms with Gasteiger partial charge in [-0.25, -0.2) is 4.79 Å². The second-order valence-corrected chi connectivity index (χ2v) is 6.33. The minimum Gasteiger partial charge on any atom is -0.481 e. The molecule has 0 aliphatic carbocycles. The number of aliphatic carboxylic acids is 1. The van der Waals surface area contributed by atoms with Gasteiger partial charge in [-0.1, -0.05) is 30.3 Å². The number of hydrogen-bond acceptors (Lipinski definition) is 3. The molecule has 1 saturated heterocycles. The van der Waals surface area contributed by atoms with Crippen molar-refractivity contribution in [2.24, 2.45) is 5.92 Å². The lowest BCUT2D eigenvalue weighted by atomic mass is 10.00. The molecular formula is C16H21NO4. The Labute approximate surface area is 124 Å².